The van der Waals surface area contributed by atoms with Crippen molar-refractivity contribution in [2.45, 2.75) is 58.6 Å². The third-order valence-electron chi connectivity index (χ3n) is 6.64. The van der Waals surface area contributed by atoms with Gasteiger partial charge in [-0.15, -0.1) is 0 Å². The van der Waals surface area contributed by atoms with Crippen molar-refractivity contribution in [1.82, 2.24) is 20.4 Å². The number of benzene rings is 1. The van der Waals surface area contributed by atoms with Crippen LogP contribution in [0.15, 0.2) is 16.7 Å². The normalized spacial score (nSPS) is 21.2. The van der Waals surface area contributed by atoms with E-state index in [-0.39, 0.29) is 5.82 Å². The maximum absolute atomic E-state index is 15.0. The predicted molar refractivity (Wildman–Crippen MR) is 121 cm³/mol. The molecule has 8 heteroatoms. The van der Waals surface area contributed by atoms with E-state index in [2.05, 4.69) is 20.4 Å². The molecule has 5 rings (SSSR count). The Labute approximate surface area is 187 Å². The molecule has 7 nitrogen and oxygen atoms in total. The Kier molecular flexibility index (Phi) is 5.82. The Morgan fingerprint density at radius 2 is 2.09 bits per heavy atom. The molecule has 2 unspecified atom stereocenters. The second kappa shape index (κ2) is 8.75. The number of anilines is 1. The Hall–Kier alpha value is -2.58. The van der Waals surface area contributed by atoms with Crippen molar-refractivity contribution in [1.29, 1.82) is 0 Å². The van der Waals surface area contributed by atoms with E-state index < -0.39 is 0 Å². The number of pyridine rings is 1. The molecule has 0 radical (unpaired) electrons. The Balaban J connectivity index is 1.52. The van der Waals surface area contributed by atoms with Gasteiger partial charge in [0.15, 0.2) is 5.82 Å². The quantitative estimate of drug-likeness (QED) is 0.623. The third-order valence-corrected chi connectivity index (χ3v) is 6.64. The first-order chi connectivity index (χ1) is 15.5. The standard InChI is InChI=1S/C24H30FN5O2/c1-4-16-10-19-14(2)21(24-27-15(3)29-32-24)23(28-22(19)20(25)11-16)30-8-7-17(13-30)26-12-18-6-5-9-31-18/h10-11,17-18,26H,4-9,12-13H2,1-3H3. The van der Waals surface area contributed by atoms with Crippen molar-refractivity contribution in [2.75, 3.05) is 31.1 Å². The van der Waals surface area contributed by atoms with Gasteiger partial charge in [-0.3, -0.25) is 0 Å². The van der Waals surface area contributed by atoms with E-state index in [0.29, 0.717) is 35.2 Å². The van der Waals surface area contributed by atoms with Gasteiger partial charge >= 0.3 is 0 Å². The van der Waals surface area contributed by atoms with Crippen molar-refractivity contribution >= 4 is 16.7 Å². The number of rotatable bonds is 6. The van der Waals surface area contributed by atoms with Gasteiger partial charge in [0.2, 0.25) is 0 Å². The lowest BCUT2D eigenvalue weighted by molar-refractivity contribution is 0.108. The highest BCUT2D eigenvalue weighted by atomic mass is 19.1. The van der Waals surface area contributed by atoms with Crippen molar-refractivity contribution in [3.05, 3.63) is 34.9 Å². The molecular weight excluding hydrogens is 409 g/mol. The highest BCUT2D eigenvalue weighted by molar-refractivity contribution is 5.93. The van der Waals surface area contributed by atoms with Crippen molar-refractivity contribution < 1.29 is 13.7 Å². The van der Waals surface area contributed by atoms with E-state index in [9.17, 15) is 0 Å². The zero-order valence-electron chi connectivity index (χ0n) is 18.9. The van der Waals surface area contributed by atoms with E-state index >= 15 is 4.39 Å². The fraction of sp³-hybridized carbons (Fsp3) is 0.542. The summed E-state index contributed by atoms with van der Waals surface area (Å²) in [5.41, 5.74) is 3.05. The Morgan fingerprint density at radius 3 is 2.81 bits per heavy atom. The molecule has 0 spiro atoms. The van der Waals surface area contributed by atoms with Crippen LogP contribution < -0.4 is 10.2 Å². The van der Waals surface area contributed by atoms with Crippen LogP contribution in [0.5, 0.6) is 0 Å². The van der Waals surface area contributed by atoms with Gasteiger partial charge in [-0.05, 0) is 62.8 Å². The molecule has 2 saturated heterocycles. The molecule has 0 bridgehead atoms. The molecule has 0 aliphatic carbocycles. The average molecular weight is 440 g/mol. The lowest BCUT2D eigenvalue weighted by atomic mass is 10.00. The lowest BCUT2D eigenvalue weighted by Gasteiger charge is -2.23. The first kappa shape index (κ1) is 21.3. The van der Waals surface area contributed by atoms with Gasteiger partial charge in [0.25, 0.3) is 5.89 Å². The molecule has 3 aromatic rings. The number of aryl methyl sites for hydroxylation is 3. The van der Waals surface area contributed by atoms with Gasteiger partial charge < -0.3 is 19.5 Å². The summed E-state index contributed by atoms with van der Waals surface area (Å²) in [6, 6.07) is 3.94. The Morgan fingerprint density at radius 1 is 1.22 bits per heavy atom. The average Bonchev–Trinajstić information content (AvgIpc) is 3.54. The summed E-state index contributed by atoms with van der Waals surface area (Å²) in [6.45, 7) is 9.16. The zero-order chi connectivity index (χ0) is 22.2. The maximum Gasteiger partial charge on any atom is 0.261 e. The summed E-state index contributed by atoms with van der Waals surface area (Å²) >= 11 is 0. The minimum Gasteiger partial charge on any atom is -0.377 e. The maximum atomic E-state index is 15.0. The summed E-state index contributed by atoms with van der Waals surface area (Å²) in [5, 5.41) is 8.43. The lowest BCUT2D eigenvalue weighted by Crippen LogP contribution is -2.37. The van der Waals surface area contributed by atoms with Crippen LogP contribution in [0.4, 0.5) is 10.2 Å². The number of nitrogens with one attached hydrogen (secondary N) is 1. The Bertz CT molecular complexity index is 1130. The van der Waals surface area contributed by atoms with Crippen LogP contribution in [0.25, 0.3) is 22.4 Å². The van der Waals surface area contributed by atoms with Crippen molar-refractivity contribution in [3.63, 3.8) is 0 Å². The summed E-state index contributed by atoms with van der Waals surface area (Å²) < 4.78 is 26.3. The third kappa shape index (κ3) is 3.97. The first-order valence-corrected chi connectivity index (χ1v) is 11.6. The molecule has 2 atom stereocenters. The number of ether oxygens (including phenoxy) is 1. The zero-order valence-corrected chi connectivity index (χ0v) is 18.9. The van der Waals surface area contributed by atoms with Crippen LogP contribution in [-0.4, -0.2) is 53.5 Å². The molecule has 2 fully saturated rings. The molecule has 1 N–H and O–H groups in total. The molecule has 2 aromatic heterocycles. The SMILES string of the molecule is CCc1cc(F)c2nc(N3CCC(NCC4CCCO4)C3)c(-c3nc(C)no3)c(C)c2c1. The van der Waals surface area contributed by atoms with Gasteiger partial charge in [0.05, 0.1) is 11.7 Å². The van der Waals surface area contributed by atoms with E-state index in [1.807, 2.05) is 19.9 Å². The minimum absolute atomic E-state index is 0.288. The second-order valence-corrected chi connectivity index (χ2v) is 8.88. The number of hydrogen-bond acceptors (Lipinski definition) is 7. The van der Waals surface area contributed by atoms with Crippen LogP contribution in [0.3, 0.4) is 0 Å². The van der Waals surface area contributed by atoms with Crippen LogP contribution in [0.1, 0.15) is 43.1 Å². The summed E-state index contributed by atoms with van der Waals surface area (Å²) in [6.07, 6.45) is 4.32. The predicted octanol–water partition coefficient (Wildman–Crippen LogP) is 3.95. The largest absolute Gasteiger partial charge is 0.377 e. The monoisotopic (exact) mass is 439 g/mol. The highest BCUT2D eigenvalue weighted by Crippen LogP contribution is 2.38. The van der Waals surface area contributed by atoms with E-state index in [1.165, 1.54) is 0 Å². The van der Waals surface area contributed by atoms with Crippen molar-refractivity contribution in [3.8, 4) is 11.5 Å². The van der Waals surface area contributed by atoms with Gasteiger partial charge in [-0.2, -0.15) is 4.98 Å². The van der Waals surface area contributed by atoms with E-state index in [0.717, 1.165) is 74.0 Å². The minimum atomic E-state index is -0.288. The molecule has 170 valence electrons. The fourth-order valence-corrected chi connectivity index (χ4v) is 4.83. The van der Waals surface area contributed by atoms with Crippen LogP contribution in [0, 0.1) is 19.7 Å². The second-order valence-electron chi connectivity index (χ2n) is 8.88. The molecule has 0 saturated carbocycles. The van der Waals surface area contributed by atoms with E-state index in [4.69, 9.17) is 14.2 Å². The molecular formula is C24H30FN5O2. The number of aromatic nitrogens is 3. The van der Waals surface area contributed by atoms with Gasteiger partial charge in [0, 0.05) is 37.7 Å². The molecule has 1 aromatic carbocycles. The molecule has 2 aliphatic rings. The molecule has 0 amide bonds. The number of nitrogens with zero attached hydrogens (tertiary/aromatic N) is 4. The molecule has 4 heterocycles. The summed E-state index contributed by atoms with van der Waals surface area (Å²) in [7, 11) is 0. The van der Waals surface area contributed by atoms with Gasteiger partial charge in [0.1, 0.15) is 17.2 Å². The number of fused-ring (bicyclic) bond motifs is 1. The number of halogens is 1. The molecule has 32 heavy (non-hydrogen) atoms. The van der Waals surface area contributed by atoms with Gasteiger partial charge in [-0.1, -0.05) is 12.1 Å². The highest BCUT2D eigenvalue weighted by Gasteiger charge is 2.30. The fourth-order valence-electron chi connectivity index (χ4n) is 4.83. The topological polar surface area (TPSA) is 76.3 Å². The molecule has 2 aliphatic heterocycles. The van der Waals surface area contributed by atoms with E-state index in [1.54, 1.807) is 13.0 Å². The van der Waals surface area contributed by atoms with Crippen LogP contribution in [0.2, 0.25) is 0 Å². The first-order valence-electron chi connectivity index (χ1n) is 11.6. The van der Waals surface area contributed by atoms with Crippen LogP contribution >= 0.6 is 0 Å². The van der Waals surface area contributed by atoms with Crippen molar-refractivity contribution in [2.24, 2.45) is 0 Å². The number of hydrogen-bond donors (Lipinski definition) is 1. The van der Waals surface area contributed by atoms with Crippen LogP contribution in [-0.2, 0) is 11.2 Å². The smallest absolute Gasteiger partial charge is 0.261 e. The summed E-state index contributed by atoms with van der Waals surface area (Å²) in [4.78, 5) is 11.5. The van der Waals surface area contributed by atoms with Gasteiger partial charge in [-0.25, -0.2) is 9.37 Å². The summed E-state index contributed by atoms with van der Waals surface area (Å²) in [5.74, 6) is 1.42.